The molecular formula is C16H14N6O. The molecule has 0 atom stereocenters. The summed E-state index contributed by atoms with van der Waals surface area (Å²) in [7, 11) is 1.63. The van der Waals surface area contributed by atoms with Crippen LogP contribution < -0.4 is 10.2 Å². The van der Waals surface area contributed by atoms with Gasteiger partial charge in [-0.05, 0) is 42.0 Å². The van der Waals surface area contributed by atoms with E-state index in [-0.39, 0.29) is 0 Å². The Morgan fingerprint density at radius 2 is 1.87 bits per heavy atom. The minimum Gasteiger partial charge on any atom is -0.497 e. The Kier molecular flexibility index (Phi) is 4.49. The first kappa shape index (κ1) is 14.6. The Morgan fingerprint density at radius 3 is 2.61 bits per heavy atom. The molecule has 0 amide bonds. The molecule has 0 spiro atoms. The van der Waals surface area contributed by atoms with Gasteiger partial charge in [0.2, 0.25) is 0 Å². The second-order valence-electron chi connectivity index (χ2n) is 4.54. The van der Waals surface area contributed by atoms with Crippen molar-refractivity contribution in [2.24, 2.45) is 5.10 Å². The predicted molar refractivity (Wildman–Crippen MR) is 87.3 cm³/mol. The lowest BCUT2D eigenvalue weighted by Gasteiger charge is -2.04. The summed E-state index contributed by atoms with van der Waals surface area (Å²) in [6.45, 7) is 0. The maximum Gasteiger partial charge on any atom is 0.263 e. The Labute approximate surface area is 133 Å². The van der Waals surface area contributed by atoms with Crippen LogP contribution in [0.5, 0.6) is 5.75 Å². The highest BCUT2D eigenvalue weighted by Crippen LogP contribution is 2.20. The van der Waals surface area contributed by atoms with Crippen LogP contribution in [0.15, 0.2) is 60.1 Å². The fourth-order valence-electron chi connectivity index (χ4n) is 1.87. The van der Waals surface area contributed by atoms with Gasteiger partial charge in [0.1, 0.15) is 5.75 Å². The molecule has 0 radical (unpaired) electrons. The lowest BCUT2D eigenvalue weighted by Crippen LogP contribution is -2.00. The summed E-state index contributed by atoms with van der Waals surface area (Å²) >= 11 is 0. The fraction of sp³-hybridized carbons (Fsp3) is 0.0625. The number of aromatic nitrogens is 4. The SMILES string of the molecule is COc1ccc(-c2cnnc(NN=Cc3ccncc3)n2)cc1. The molecule has 1 N–H and O–H groups in total. The van der Waals surface area contributed by atoms with Crippen molar-refractivity contribution in [1.29, 1.82) is 0 Å². The van der Waals surface area contributed by atoms with Crippen molar-refractivity contribution >= 4 is 12.2 Å². The van der Waals surface area contributed by atoms with Gasteiger partial charge >= 0.3 is 0 Å². The van der Waals surface area contributed by atoms with Crippen molar-refractivity contribution in [2.45, 2.75) is 0 Å². The Bertz CT molecular complexity index is 789. The molecule has 0 aliphatic carbocycles. The van der Waals surface area contributed by atoms with Gasteiger partial charge in [-0.1, -0.05) is 0 Å². The van der Waals surface area contributed by atoms with Gasteiger partial charge in [0.15, 0.2) is 0 Å². The second kappa shape index (κ2) is 7.08. The topological polar surface area (TPSA) is 85.2 Å². The van der Waals surface area contributed by atoms with E-state index in [1.54, 1.807) is 31.9 Å². The molecule has 0 aliphatic heterocycles. The minimum absolute atomic E-state index is 0.323. The number of pyridine rings is 1. The number of nitrogens with zero attached hydrogens (tertiary/aromatic N) is 5. The van der Waals surface area contributed by atoms with E-state index in [4.69, 9.17) is 4.74 Å². The van der Waals surface area contributed by atoms with Crippen molar-refractivity contribution in [2.75, 3.05) is 12.5 Å². The number of hydrogen-bond donors (Lipinski definition) is 1. The van der Waals surface area contributed by atoms with Crippen molar-refractivity contribution < 1.29 is 4.74 Å². The van der Waals surface area contributed by atoms with E-state index in [1.165, 1.54) is 0 Å². The summed E-state index contributed by atoms with van der Waals surface area (Å²) in [5.41, 5.74) is 5.31. The average molecular weight is 306 g/mol. The summed E-state index contributed by atoms with van der Waals surface area (Å²) in [6.07, 6.45) is 6.65. The van der Waals surface area contributed by atoms with Crippen LogP contribution in [0.25, 0.3) is 11.3 Å². The maximum absolute atomic E-state index is 5.14. The molecule has 7 heteroatoms. The molecular weight excluding hydrogens is 292 g/mol. The van der Waals surface area contributed by atoms with Gasteiger partial charge in [-0.15, -0.1) is 5.10 Å². The standard InChI is InChI=1S/C16H14N6O/c1-23-14-4-2-13(3-5-14)15-11-19-22-16(20-15)21-18-10-12-6-8-17-9-7-12/h2-11H,1H3,(H,20,21,22). The molecule has 23 heavy (non-hydrogen) atoms. The van der Waals surface area contributed by atoms with Crippen molar-refractivity contribution in [3.63, 3.8) is 0 Å². The first-order chi connectivity index (χ1) is 11.3. The largest absolute Gasteiger partial charge is 0.497 e. The van der Waals surface area contributed by atoms with E-state index in [2.05, 4.69) is 30.7 Å². The third kappa shape index (κ3) is 3.85. The molecule has 1 aromatic carbocycles. The van der Waals surface area contributed by atoms with Crippen LogP contribution in [0, 0.1) is 0 Å². The molecule has 0 aliphatic rings. The molecule has 0 saturated heterocycles. The fourth-order valence-corrected chi connectivity index (χ4v) is 1.87. The van der Waals surface area contributed by atoms with E-state index in [0.717, 1.165) is 16.9 Å². The zero-order chi connectivity index (χ0) is 15.9. The number of anilines is 1. The summed E-state index contributed by atoms with van der Waals surface area (Å²) in [5.74, 6) is 1.11. The zero-order valence-corrected chi connectivity index (χ0v) is 12.4. The van der Waals surface area contributed by atoms with Crippen LogP contribution in [0.3, 0.4) is 0 Å². The predicted octanol–water partition coefficient (Wildman–Crippen LogP) is 2.39. The maximum atomic E-state index is 5.14. The Hall–Kier alpha value is -3.35. The van der Waals surface area contributed by atoms with Gasteiger partial charge in [0.05, 0.1) is 25.2 Å². The second-order valence-corrected chi connectivity index (χ2v) is 4.54. The molecule has 0 bridgehead atoms. The van der Waals surface area contributed by atoms with Gasteiger partial charge in [-0.3, -0.25) is 4.98 Å². The van der Waals surface area contributed by atoms with E-state index in [0.29, 0.717) is 11.6 Å². The smallest absolute Gasteiger partial charge is 0.263 e. The third-order valence-electron chi connectivity index (χ3n) is 3.03. The van der Waals surface area contributed by atoms with Gasteiger partial charge < -0.3 is 4.74 Å². The monoisotopic (exact) mass is 306 g/mol. The Balaban J connectivity index is 1.73. The first-order valence-electron chi connectivity index (χ1n) is 6.88. The van der Waals surface area contributed by atoms with Crippen LogP contribution in [-0.2, 0) is 0 Å². The lowest BCUT2D eigenvalue weighted by atomic mass is 10.1. The van der Waals surface area contributed by atoms with Gasteiger partial charge in [-0.2, -0.15) is 10.2 Å². The molecule has 3 aromatic rings. The Morgan fingerprint density at radius 1 is 1.09 bits per heavy atom. The third-order valence-corrected chi connectivity index (χ3v) is 3.03. The number of nitrogens with one attached hydrogen (secondary N) is 1. The highest BCUT2D eigenvalue weighted by Gasteiger charge is 2.03. The van der Waals surface area contributed by atoms with Crippen LogP contribution >= 0.6 is 0 Å². The average Bonchev–Trinajstić information content (AvgIpc) is 2.63. The molecule has 2 aromatic heterocycles. The van der Waals surface area contributed by atoms with Crippen molar-refractivity contribution in [3.05, 3.63) is 60.6 Å². The van der Waals surface area contributed by atoms with Gasteiger partial charge in [0, 0.05) is 18.0 Å². The summed E-state index contributed by atoms with van der Waals surface area (Å²) in [6, 6.07) is 11.2. The van der Waals surface area contributed by atoms with Crippen molar-refractivity contribution in [3.8, 4) is 17.0 Å². The van der Waals surface area contributed by atoms with Crippen LogP contribution in [0.2, 0.25) is 0 Å². The molecule has 0 saturated carbocycles. The minimum atomic E-state index is 0.323. The number of hydrazone groups is 1. The van der Waals surface area contributed by atoms with Crippen LogP contribution in [0.1, 0.15) is 5.56 Å². The molecule has 3 rings (SSSR count). The molecule has 0 fully saturated rings. The molecule has 7 nitrogen and oxygen atoms in total. The first-order valence-corrected chi connectivity index (χ1v) is 6.88. The van der Waals surface area contributed by atoms with Crippen molar-refractivity contribution in [1.82, 2.24) is 20.2 Å². The normalized spacial score (nSPS) is 10.7. The van der Waals surface area contributed by atoms with E-state index >= 15 is 0 Å². The quantitative estimate of drug-likeness (QED) is 0.575. The highest BCUT2D eigenvalue weighted by atomic mass is 16.5. The summed E-state index contributed by atoms with van der Waals surface area (Å²) < 4.78 is 5.14. The number of methoxy groups -OCH3 is 1. The lowest BCUT2D eigenvalue weighted by molar-refractivity contribution is 0.415. The number of rotatable bonds is 5. The van der Waals surface area contributed by atoms with Gasteiger partial charge in [-0.25, -0.2) is 10.4 Å². The summed E-state index contributed by atoms with van der Waals surface area (Å²) in [5, 5.41) is 11.9. The number of hydrogen-bond acceptors (Lipinski definition) is 7. The molecule has 114 valence electrons. The van der Waals surface area contributed by atoms with Gasteiger partial charge in [0.25, 0.3) is 5.95 Å². The molecule has 2 heterocycles. The molecule has 0 unspecified atom stereocenters. The number of ether oxygens (including phenoxy) is 1. The number of benzene rings is 1. The highest BCUT2D eigenvalue weighted by molar-refractivity contribution is 5.79. The van der Waals surface area contributed by atoms with E-state index < -0.39 is 0 Å². The van der Waals surface area contributed by atoms with E-state index in [9.17, 15) is 0 Å². The zero-order valence-electron chi connectivity index (χ0n) is 12.4. The summed E-state index contributed by atoms with van der Waals surface area (Å²) in [4.78, 5) is 8.32. The van der Waals surface area contributed by atoms with E-state index in [1.807, 2.05) is 36.4 Å². The van der Waals surface area contributed by atoms with Crippen LogP contribution in [0.4, 0.5) is 5.95 Å². The van der Waals surface area contributed by atoms with Crippen LogP contribution in [-0.4, -0.2) is 33.5 Å².